The van der Waals surface area contributed by atoms with E-state index in [1.165, 1.54) is 58.8 Å². The van der Waals surface area contributed by atoms with E-state index in [9.17, 15) is 88.2 Å². The number of aliphatic hydroxyl groups is 14. The van der Waals surface area contributed by atoms with E-state index in [0.717, 1.165) is 55.7 Å². The molecule has 4 aliphatic heterocycles. The van der Waals surface area contributed by atoms with Crippen LogP contribution in [0, 0.1) is 11.8 Å². The maximum absolute atomic E-state index is 13.1. The average Bonchev–Trinajstić information content (AvgIpc) is 0.840. The molecule has 692 valence electrons. The van der Waals surface area contributed by atoms with Gasteiger partial charge in [-0.3, -0.25) is 77.1 Å². The molecule has 14 N–H and O–H groups in total. The first kappa shape index (κ1) is 112. The minimum Gasteiger partial charge on any atom is -0.396 e. The lowest BCUT2D eigenvalue weighted by atomic mass is 9.96. The van der Waals surface area contributed by atoms with Crippen molar-refractivity contribution in [2.45, 2.75) is 96.3 Å². The summed E-state index contributed by atoms with van der Waals surface area (Å²) < 4.78 is 0. The normalized spacial score (nSPS) is 14.2. The largest absolute Gasteiger partial charge is 0.396 e. The highest BCUT2D eigenvalue weighted by Crippen LogP contribution is 2.22. The van der Waals surface area contributed by atoms with Crippen molar-refractivity contribution in [1.82, 2.24) is 78.4 Å². The van der Waals surface area contributed by atoms with Crippen molar-refractivity contribution in [3.63, 3.8) is 0 Å². The fraction of sp³-hybridized carbons (Fsp3) is 0.696. The molecule has 12 amide bonds. The van der Waals surface area contributed by atoms with Crippen LogP contribution in [0.1, 0.15) is 96.3 Å². The van der Waals surface area contributed by atoms with E-state index in [-0.39, 0.29) is 294 Å². The van der Waals surface area contributed by atoms with E-state index < -0.39 is 0 Å². The number of hydrogen-bond donors (Lipinski definition) is 14. The first-order valence-corrected chi connectivity index (χ1v) is 40.7. The zero-order valence-electron chi connectivity index (χ0n) is 70.7. The number of aliphatic hydroxyl groups excluding tert-OH is 14. The molecule has 0 spiro atoms. The van der Waals surface area contributed by atoms with E-state index in [1.54, 1.807) is 19.6 Å². The molecule has 0 atom stereocenters. The van der Waals surface area contributed by atoms with Crippen molar-refractivity contribution in [2.75, 3.05) is 251 Å². The van der Waals surface area contributed by atoms with Crippen molar-refractivity contribution in [3.05, 3.63) is 75.9 Å². The van der Waals surface area contributed by atoms with Gasteiger partial charge in [-0.2, -0.15) is 0 Å². The fourth-order valence-electron chi connectivity index (χ4n) is 12.7. The zero-order chi connectivity index (χ0) is 91.0. The molecular weight excluding hydrogens is 1590 g/mol. The molecule has 4 saturated heterocycles. The minimum atomic E-state index is -0.388. The molecule has 0 aromatic carbocycles. The molecule has 42 heteroatoms. The molecule has 4 rings (SSSR count). The summed E-state index contributed by atoms with van der Waals surface area (Å²) in [5.41, 5.74) is 0. The maximum atomic E-state index is 13.1. The second-order valence-corrected chi connectivity index (χ2v) is 28.3. The van der Waals surface area contributed by atoms with Crippen LogP contribution < -0.4 is 0 Å². The van der Waals surface area contributed by atoms with E-state index in [1.807, 2.05) is 0 Å². The lowest BCUT2D eigenvalue weighted by Crippen LogP contribution is -2.60. The molecule has 0 aromatic heterocycles. The summed E-state index contributed by atoms with van der Waals surface area (Å²) in [6.07, 6.45) is 13.1. The molecule has 0 aliphatic carbocycles. The number of nitrogens with zero attached hydrogens (tertiary/aromatic N) is 16. The van der Waals surface area contributed by atoms with E-state index >= 15 is 0 Å². The van der Waals surface area contributed by atoms with Crippen LogP contribution in [-0.2, 0) is 57.5 Å². The lowest BCUT2D eigenvalue weighted by molar-refractivity contribution is -0.160. The van der Waals surface area contributed by atoms with Gasteiger partial charge in [-0.15, -0.1) is 0 Å². The summed E-state index contributed by atoms with van der Waals surface area (Å²) in [7, 11) is 0. The zero-order valence-corrected chi connectivity index (χ0v) is 70.7. The number of carbonyl (C=O) groups excluding carboxylic acids is 12. The van der Waals surface area contributed by atoms with Gasteiger partial charge in [-0.1, -0.05) is 39.5 Å². The van der Waals surface area contributed by atoms with Gasteiger partial charge in [0.25, 0.3) is 0 Å². The fourth-order valence-corrected chi connectivity index (χ4v) is 12.7. The average molecular weight is 1730 g/mol. The van der Waals surface area contributed by atoms with Crippen LogP contribution in [0.2, 0.25) is 0 Å². The van der Waals surface area contributed by atoms with Gasteiger partial charge in [0, 0.05) is 157 Å². The van der Waals surface area contributed by atoms with Crippen LogP contribution >= 0.6 is 0 Å². The lowest BCUT2D eigenvalue weighted by Gasteiger charge is -2.42. The minimum absolute atomic E-state index is 0.0130. The predicted molar refractivity (Wildman–Crippen MR) is 443 cm³/mol. The monoisotopic (exact) mass is 1730 g/mol. The third kappa shape index (κ3) is 46.4. The van der Waals surface area contributed by atoms with Crippen molar-refractivity contribution in [3.8, 4) is 0 Å². The summed E-state index contributed by atoms with van der Waals surface area (Å²) >= 11 is 0. The van der Waals surface area contributed by atoms with Gasteiger partial charge in [0.15, 0.2) is 0 Å². The van der Waals surface area contributed by atoms with Crippen LogP contribution in [0.3, 0.4) is 0 Å². The summed E-state index contributed by atoms with van der Waals surface area (Å²) in [4.78, 5) is 172. The first-order valence-electron chi connectivity index (χ1n) is 40.7. The smallest absolute Gasteiger partial charge is 0.248 e. The number of unbranched alkanes of at least 4 members (excludes halogenated alkanes) is 2. The van der Waals surface area contributed by atoms with Crippen LogP contribution in [0.4, 0.5) is 0 Å². The first-order chi connectivity index (χ1) is 58.1. The highest BCUT2D eigenvalue weighted by Gasteiger charge is 2.36. The molecule has 0 bridgehead atoms. The van der Waals surface area contributed by atoms with Gasteiger partial charge in [0.2, 0.25) is 70.9 Å². The van der Waals surface area contributed by atoms with Crippen LogP contribution in [-0.4, -0.2) is 472 Å². The predicted octanol–water partition coefficient (Wildman–Crippen LogP) is -6.28. The Hall–Kier alpha value is -8.64. The molecule has 0 aromatic rings. The van der Waals surface area contributed by atoms with E-state index in [4.69, 9.17) is 40.9 Å². The molecule has 4 heterocycles. The number of amides is 12. The summed E-state index contributed by atoms with van der Waals surface area (Å²) in [5.74, 6) is -3.66. The van der Waals surface area contributed by atoms with Crippen molar-refractivity contribution < 1.29 is 129 Å². The van der Waals surface area contributed by atoms with Gasteiger partial charge < -0.3 is 130 Å². The van der Waals surface area contributed by atoms with Gasteiger partial charge in [-0.05, 0) is 106 Å². The van der Waals surface area contributed by atoms with Crippen molar-refractivity contribution in [1.29, 1.82) is 0 Å². The van der Waals surface area contributed by atoms with Crippen LogP contribution in [0.5, 0.6) is 0 Å². The Labute approximate surface area is 710 Å². The Morgan fingerprint density at radius 3 is 0.512 bits per heavy atom. The Kier molecular flexibility index (Phi) is 63.9. The highest BCUT2D eigenvalue weighted by molar-refractivity contribution is 5.93. The van der Waals surface area contributed by atoms with Crippen LogP contribution in [0.15, 0.2) is 75.9 Å². The van der Waals surface area contributed by atoms with Gasteiger partial charge >= 0.3 is 0 Å². The van der Waals surface area contributed by atoms with Gasteiger partial charge in [-0.25, -0.2) is 0 Å². The Bertz CT molecular complexity index is 2820. The standard InChI is InChI=1S/C25H49N5O9.C21H38N4O7.C16H26N4O5.C12H15N3O3.C5H12O2/c31-13-5-22(6-14-32)1-2-23(37)28-19-29(24(38)3-7-26(9-15-33)10-16-34)21-30(20-28)25(39)4-8-27(11-17-35)12-18-36;1-2-19(30)23-15-24(20(31)4-3-18(6-11-26)7-12-27)17-25(16-23)21(32)5-8-22(9-13-28)10-14-29;1-3-14(23)18-11-19(15(24)4-2)13-20(12-18)16(25)5-6-17(7-9-21)8-10-22;1-4-10(16)13-7-14(11(17)5-2)9-15(8-13)12(18)6-3;6-4-2-1-3-5-7/h22,31-36H,1-21H2;2,18,26-29H,1,3-17H2;3-4,21-22H,1-2,5-13H2;4-6H,1-3,7-9H2;6-7H,1-5H2. The molecule has 42 nitrogen and oxygen atoms in total. The van der Waals surface area contributed by atoms with Crippen molar-refractivity contribution in [2.24, 2.45) is 11.8 Å². The highest BCUT2D eigenvalue weighted by atomic mass is 16.3. The van der Waals surface area contributed by atoms with Gasteiger partial charge in [0.1, 0.15) is 0 Å². The second-order valence-electron chi connectivity index (χ2n) is 28.3. The number of hydrogen-bond acceptors (Lipinski definition) is 30. The molecule has 4 aliphatic rings. The third-order valence-electron chi connectivity index (χ3n) is 19.5. The van der Waals surface area contributed by atoms with E-state index in [0.29, 0.717) is 117 Å². The molecule has 121 heavy (non-hydrogen) atoms. The van der Waals surface area contributed by atoms with Crippen molar-refractivity contribution >= 4 is 70.9 Å². The van der Waals surface area contributed by atoms with Gasteiger partial charge in [0.05, 0.1) is 133 Å². The maximum Gasteiger partial charge on any atom is 0.248 e. The molecule has 4 fully saturated rings. The Balaban J connectivity index is 0.00000159. The quantitative estimate of drug-likeness (QED) is 0.0199. The molecular formula is C79H140N16O26. The number of carbonyl (C=O) groups is 12. The summed E-state index contributed by atoms with van der Waals surface area (Å²) in [6.45, 7) is 24.8. The van der Waals surface area contributed by atoms with Crippen LogP contribution in [0.25, 0.3) is 0 Å². The second kappa shape index (κ2) is 68.8. The number of rotatable bonds is 52. The molecule has 0 unspecified atom stereocenters. The molecule has 0 saturated carbocycles. The topological polar surface area (TPSA) is 540 Å². The summed E-state index contributed by atoms with van der Waals surface area (Å²) in [6, 6.07) is 0. The Morgan fingerprint density at radius 2 is 0.364 bits per heavy atom. The SMILES string of the molecule is C=CC(=O)N1CN(C(=O)C=C)CN(C(=O)C=C)C1.C=CC(=O)N1CN(C(=O)C=C)CN(C(=O)CCN(CCO)CCO)C1.C=CC(=O)N1CN(C(=O)CCC(CCO)CCO)CN(C(=O)CCN(CCO)CCO)C1.O=C(CCC(CCO)CCO)N1CN(C(=O)CCN(CCO)CCO)CN(C(=O)CCN(CCO)CCO)C1.OCCCCCO. The summed E-state index contributed by atoms with van der Waals surface area (Å²) in [5, 5.41) is 126. The van der Waals surface area contributed by atoms with E-state index in [2.05, 4.69) is 39.5 Å². The third-order valence-corrected chi connectivity index (χ3v) is 19.5. The molecule has 0 radical (unpaired) electrons. The Morgan fingerprint density at radius 1 is 0.207 bits per heavy atom.